The van der Waals surface area contributed by atoms with Crippen LogP contribution in [0.3, 0.4) is 0 Å². The molecule has 0 spiro atoms. The third-order valence-electron chi connectivity index (χ3n) is 21.9. The third-order valence-corrected chi connectivity index (χ3v) is 21.9. The van der Waals surface area contributed by atoms with Crippen LogP contribution in [0.4, 0.5) is 56.9 Å². The van der Waals surface area contributed by atoms with E-state index in [0.717, 1.165) is 35.6 Å². The first-order valence-electron chi connectivity index (χ1n) is 37.1. The minimum absolute atomic E-state index is 0.0142. The summed E-state index contributed by atoms with van der Waals surface area (Å²) in [5.41, 5.74) is 32.9. The molecule has 0 N–H and O–H groups in total. The molecule has 10 aromatic rings. The second-order valence-electron chi connectivity index (χ2n) is 37.7. The molecule has 2 aliphatic heterocycles. The number of hydrogen-bond donors (Lipinski definition) is 0. The summed E-state index contributed by atoms with van der Waals surface area (Å²) in [5.74, 6) is 0. The minimum Gasteiger partial charge on any atom is -0.338 e. The van der Waals surface area contributed by atoms with Gasteiger partial charge in [0.2, 0.25) is 0 Å². The van der Waals surface area contributed by atoms with E-state index in [4.69, 9.17) is 0 Å². The van der Waals surface area contributed by atoms with Crippen LogP contribution in [0.25, 0.3) is 11.1 Å². The smallest absolute Gasteiger partial charge is 0.252 e. The van der Waals surface area contributed by atoms with Crippen LogP contribution in [0.2, 0.25) is 0 Å². The first-order valence-corrected chi connectivity index (χ1v) is 37.1. The molecular weight excluding hydrogens is 1210 g/mol. The van der Waals surface area contributed by atoms with Gasteiger partial charge >= 0.3 is 0 Å². The highest BCUT2D eigenvalue weighted by molar-refractivity contribution is 7.00. The van der Waals surface area contributed by atoms with Gasteiger partial charge in [-0.15, -0.1) is 0 Å². The van der Waals surface area contributed by atoms with Gasteiger partial charge in [-0.25, -0.2) is 0 Å². The molecule has 0 fully saturated rings. The number of anilines is 10. The monoisotopic (exact) mass is 1320 g/mol. The molecule has 0 bridgehead atoms. The van der Waals surface area contributed by atoms with Crippen molar-refractivity contribution in [3.8, 4) is 11.1 Å². The van der Waals surface area contributed by atoms with E-state index in [2.05, 4.69) is 385 Å². The molecular formula is C95H111BN4. The van der Waals surface area contributed by atoms with Gasteiger partial charge in [-0.3, -0.25) is 0 Å². The zero-order valence-corrected chi connectivity index (χ0v) is 64.8. The molecule has 3 aliphatic rings. The maximum atomic E-state index is 2.77. The minimum atomic E-state index is -0.254. The average Bonchev–Trinajstić information content (AvgIpc) is 0.869. The van der Waals surface area contributed by atoms with Crippen molar-refractivity contribution in [2.45, 2.75) is 223 Å². The van der Waals surface area contributed by atoms with Gasteiger partial charge in [0.15, 0.2) is 0 Å². The van der Waals surface area contributed by atoms with Gasteiger partial charge in [0, 0.05) is 64.3 Å². The van der Waals surface area contributed by atoms with Crippen LogP contribution < -0.4 is 36.0 Å². The van der Waals surface area contributed by atoms with E-state index in [1.165, 1.54) is 123 Å². The maximum absolute atomic E-state index is 2.77. The molecule has 0 saturated carbocycles. The van der Waals surface area contributed by atoms with Crippen LogP contribution in [0, 0.1) is 5.41 Å². The lowest BCUT2D eigenvalue weighted by Gasteiger charge is -2.46. The van der Waals surface area contributed by atoms with Crippen molar-refractivity contribution in [2.75, 3.05) is 19.6 Å². The molecule has 100 heavy (non-hydrogen) atoms. The first kappa shape index (κ1) is 69.9. The highest BCUT2D eigenvalue weighted by Crippen LogP contribution is 2.51. The second kappa shape index (κ2) is 24.9. The lowest BCUT2D eigenvalue weighted by molar-refractivity contribution is 0.392. The van der Waals surface area contributed by atoms with Crippen LogP contribution in [0.15, 0.2) is 206 Å². The Morgan fingerprint density at radius 2 is 0.810 bits per heavy atom. The van der Waals surface area contributed by atoms with E-state index >= 15 is 0 Å². The summed E-state index contributed by atoms with van der Waals surface area (Å²) in [6.45, 7) is 55.4. The van der Waals surface area contributed by atoms with Gasteiger partial charge in [-0.2, -0.15) is 0 Å². The summed E-state index contributed by atoms with van der Waals surface area (Å²) in [7, 11) is 0. The summed E-state index contributed by atoms with van der Waals surface area (Å²) in [5, 5.41) is 0. The molecule has 0 aromatic heterocycles. The largest absolute Gasteiger partial charge is 0.338 e. The van der Waals surface area contributed by atoms with E-state index in [1.807, 2.05) is 0 Å². The third kappa shape index (κ3) is 13.7. The molecule has 0 unspecified atom stereocenters. The Hall–Kier alpha value is -8.54. The van der Waals surface area contributed by atoms with Gasteiger partial charge in [-0.05, 0) is 230 Å². The molecule has 5 heteroatoms. The van der Waals surface area contributed by atoms with Crippen molar-refractivity contribution >= 4 is 80.0 Å². The predicted octanol–water partition coefficient (Wildman–Crippen LogP) is 24.3. The Bertz CT molecular complexity index is 4580. The standard InChI is InChI=1S/C95H111BN4/c1-88(2,3)67-34-42-73(43-35-67)97(74-44-36-68(37-45-74)89(4,5)6)61-66-51-82-84(57-80(66)94(19,20)21)100(77-31-27-30-71(53-77)92(13,14)15)86-56-78(99(75-46-38-69(39-47-75)90(7,8)9)76-48-40-70(41-49-76)91(10,11)12)55-85-87(86)96(82)81-50-64-58-95(22,23)59-65(64)52-83(81)98(85)60-63-32-33-72(93(16,17)18)54-79(63)62-28-25-24-26-29-62/h24-57H,58-61H2,1-23H3. The molecule has 514 valence electrons. The number of rotatable bonds is 11. The quantitative estimate of drug-likeness (QED) is 0.120. The summed E-state index contributed by atoms with van der Waals surface area (Å²) >= 11 is 0. The van der Waals surface area contributed by atoms with Gasteiger partial charge in [-0.1, -0.05) is 281 Å². The van der Waals surface area contributed by atoms with Crippen LogP contribution >= 0.6 is 0 Å². The summed E-state index contributed by atoms with van der Waals surface area (Å²) in [4.78, 5) is 10.6. The Morgan fingerprint density at radius 1 is 0.360 bits per heavy atom. The number of nitrogens with zero attached hydrogens (tertiary/aromatic N) is 4. The maximum Gasteiger partial charge on any atom is 0.252 e. The summed E-state index contributed by atoms with van der Waals surface area (Å²) < 4.78 is 0. The molecule has 1 aliphatic carbocycles. The van der Waals surface area contributed by atoms with Gasteiger partial charge < -0.3 is 19.6 Å². The number of hydrogen-bond acceptors (Lipinski definition) is 4. The highest BCUT2D eigenvalue weighted by Gasteiger charge is 2.46. The van der Waals surface area contributed by atoms with Crippen LogP contribution in [0.5, 0.6) is 0 Å². The zero-order valence-electron chi connectivity index (χ0n) is 64.8. The lowest BCUT2D eigenvalue weighted by atomic mass is 9.33. The molecule has 10 aromatic carbocycles. The fourth-order valence-corrected chi connectivity index (χ4v) is 15.9. The van der Waals surface area contributed by atoms with Gasteiger partial charge in [0.05, 0.1) is 5.69 Å². The van der Waals surface area contributed by atoms with E-state index in [9.17, 15) is 0 Å². The zero-order chi connectivity index (χ0) is 71.8. The SMILES string of the molecule is CC1(C)Cc2cc3c(cc2C1)N(Cc1ccc(C(C)(C)C)cc1-c1ccccc1)c1cc(N(c2ccc(C(C)(C)C)cc2)c2ccc(C(C)(C)C)cc2)cc2c1B3c1cc(CN(c3ccc(C(C)(C)C)cc3)c3ccc(C(C)(C)C)cc3)c(C(C)(C)C)cc1N2c1cccc(C(C)(C)C)c1. The van der Waals surface area contributed by atoms with Crippen molar-refractivity contribution < 1.29 is 0 Å². The van der Waals surface area contributed by atoms with Crippen molar-refractivity contribution in [1.29, 1.82) is 0 Å². The Balaban J connectivity index is 1.15. The molecule has 0 radical (unpaired) electrons. The molecule has 13 rings (SSSR count). The average molecular weight is 1320 g/mol. The first-order chi connectivity index (χ1) is 46.7. The summed E-state index contributed by atoms with van der Waals surface area (Å²) in [6, 6.07) is 81.7. The Labute approximate surface area is 603 Å². The van der Waals surface area contributed by atoms with E-state index in [-0.39, 0.29) is 50.0 Å². The van der Waals surface area contributed by atoms with Crippen molar-refractivity contribution in [3.63, 3.8) is 0 Å². The Morgan fingerprint density at radius 3 is 1.30 bits per heavy atom. The number of benzene rings is 10. The van der Waals surface area contributed by atoms with Gasteiger partial charge in [0.25, 0.3) is 6.71 Å². The molecule has 0 atom stereocenters. The van der Waals surface area contributed by atoms with Crippen LogP contribution in [0.1, 0.15) is 220 Å². The Kier molecular flexibility index (Phi) is 17.4. The molecule has 4 nitrogen and oxygen atoms in total. The fraction of sp³-hybridized carbons (Fsp3) is 0.368. The van der Waals surface area contributed by atoms with E-state index in [1.54, 1.807) is 0 Å². The molecule has 0 amide bonds. The van der Waals surface area contributed by atoms with Gasteiger partial charge in [0.1, 0.15) is 0 Å². The summed E-state index contributed by atoms with van der Waals surface area (Å²) in [6.07, 6.45) is 2.07. The van der Waals surface area contributed by atoms with Crippen LogP contribution in [-0.2, 0) is 63.8 Å². The van der Waals surface area contributed by atoms with Crippen molar-refractivity contribution in [2.24, 2.45) is 5.41 Å². The predicted molar refractivity (Wildman–Crippen MR) is 435 cm³/mol. The van der Waals surface area contributed by atoms with Crippen molar-refractivity contribution in [1.82, 2.24) is 0 Å². The van der Waals surface area contributed by atoms with E-state index < -0.39 is 0 Å². The molecule has 2 heterocycles. The highest BCUT2D eigenvalue weighted by atomic mass is 15.2. The normalized spacial score (nSPS) is 14.6. The van der Waals surface area contributed by atoms with Crippen molar-refractivity contribution in [3.05, 3.63) is 267 Å². The lowest BCUT2D eigenvalue weighted by Crippen LogP contribution is -2.62. The topological polar surface area (TPSA) is 13.0 Å². The fourth-order valence-electron chi connectivity index (χ4n) is 15.9. The second-order valence-corrected chi connectivity index (χ2v) is 37.7. The number of fused-ring (bicyclic) bond motifs is 5. The molecule has 0 saturated heterocycles. The van der Waals surface area contributed by atoms with Crippen LogP contribution in [-0.4, -0.2) is 6.71 Å². The van der Waals surface area contributed by atoms with E-state index in [0.29, 0.717) is 13.1 Å².